The minimum Gasteiger partial charge on any atom is -0.487 e. The fourth-order valence-corrected chi connectivity index (χ4v) is 2.16. The molecule has 0 aliphatic rings. The SMILES string of the molecule is CCc1ccccc1OCc1csc(C)n1. The first-order valence-electron chi connectivity index (χ1n) is 5.41. The summed E-state index contributed by atoms with van der Waals surface area (Å²) < 4.78 is 5.77. The Hall–Kier alpha value is -1.35. The Bertz CT molecular complexity index is 464. The predicted octanol–water partition coefficient (Wildman–Crippen LogP) is 3.59. The molecular weight excluding hydrogens is 218 g/mol. The van der Waals surface area contributed by atoms with Gasteiger partial charge in [-0.3, -0.25) is 0 Å². The van der Waals surface area contributed by atoms with Gasteiger partial charge in [-0.15, -0.1) is 11.3 Å². The smallest absolute Gasteiger partial charge is 0.131 e. The van der Waals surface area contributed by atoms with Crippen LogP contribution in [0.4, 0.5) is 0 Å². The lowest BCUT2D eigenvalue weighted by Crippen LogP contribution is -1.98. The Morgan fingerprint density at radius 1 is 1.31 bits per heavy atom. The summed E-state index contributed by atoms with van der Waals surface area (Å²) >= 11 is 1.66. The van der Waals surface area contributed by atoms with Gasteiger partial charge in [0, 0.05) is 5.38 Å². The molecular formula is C13H15NOS. The molecule has 0 spiro atoms. The third-order valence-corrected chi connectivity index (χ3v) is 3.22. The maximum absolute atomic E-state index is 5.77. The fourth-order valence-electron chi connectivity index (χ4n) is 1.56. The molecule has 2 nitrogen and oxygen atoms in total. The third kappa shape index (κ3) is 2.61. The number of benzene rings is 1. The summed E-state index contributed by atoms with van der Waals surface area (Å²) in [6, 6.07) is 8.15. The molecule has 2 aromatic rings. The average molecular weight is 233 g/mol. The molecule has 2 rings (SSSR count). The first kappa shape index (κ1) is 11.1. The van der Waals surface area contributed by atoms with Crippen molar-refractivity contribution in [2.24, 2.45) is 0 Å². The zero-order chi connectivity index (χ0) is 11.4. The normalized spacial score (nSPS) is 10.4. The zero-order valence-corrected chi connectivity index (χ0v) is 10.4. The number of para-hydroxylation sites is 1. The molecule has 0 aliphatic carbocycles. The van der Waals surface area contributed by atoms with Crippen LogP contribution in [0.3, 0.4) is 0 Å². The Labute approximate surface area is 99.9 Å². The van der Waals surface area contributed by atoms with Crippen molar-refractivity contribution in [1.29, 1.82) is 0 Å². The molecule has 0 atom stereocenters. The molecule has 0 saturated carbocycles. The second-order valence-corrected chi connectivity index (χ2v) is 4.67. The third-order valence-electron chi connectivity index (χ3n) is 2.40. The van der Waals surface area contributed by atoms with Crippen molar-refractivity contribution in [3.05, 3.63) is 45.9 Å². The second-order valence-electron chi connectivity index (χ2n) is 3.61. The molecule has 0 radical (unpaired) electrons. The van der Waals surface area contributed by atoms with Crippen LogP contribution < -0.4 is 4.74 Å². The van der Waals surface area contributed by atoms with Crippen LogP contribution in [0.15, 0.2) is 29.6 Å². The number of nitrogens with zero attached hydrogens (tertiary/aromatic N) is 1. The highest BCUT2D eigenvalue weighted by Crippen LogP contribution is 2.20. The predicted molar refractivity (Wildman–Crippen MR) is 67.0 cm³/mol. The Morgan fingerprint density at radius 2 is 2.12 bits per heavy atom. The molecule has 0 N–H and O–H groups in total. The molecule has 1 aromatic carbocycles. The van der Waals surface area contributed by atoms with Crippen molar-refractivity contribution in [3.63, 3.8) is 0 Å². The molecule has 0 amide bonds. The summed E-state index contributed by atoms with van der Waals surface area (Å²) in [6.07, 6.45) is 0.992. The number of aromatic nitrogens is 1. The van der Waals surface area contributed by atoms with Gasteiger partial charge in [-0.25, -0.2) is 4.98 Å². The number of ether oxygens (including phenoxy) is 1. The molecule has 3 heteroatoms. The summed E-state index contributed by atoms with van der Waals surface area (Å²) in [4.78, 5) is 4.37. The molecule has 0 aliphatic heterocycles. The van der Waals surface area contributed by atoms with E-state index in [2.05, 4.69) is 18.0 Å². The molecule has 0 unspecified atom stereocenters. The number of aryl methyl sites for hydroxylation is 2. The minimum absolute atomic E-state index is 0.557. The van der Waals surface area contributed by atoms with Crippen LogP contribution in [-0.2, 0) is 13.0 Å². The van der Waals surface area contributed by atoms with E-state index in [4.69, 9.17) is 4.74 Å². The summed E-state index contributed by atoms with van der Waals surface area (Å²) in [7, 11) is 0. The second kappa shape index (κ2) is 5.12. The van der Waals surface area contributed by atoms with Gasteiger partial charge >= 0.3 is 0 Å². The molecule has 1 heterocycles. The topological polar surface area (TPSA) is 22.1 Å². The number of rotatable bonds is 4. The average Bonchev–Trinajstić information content (AvgIpc) is 2.73. The van der Waals surface area contributed by atoms with Crippen LogP contribution in [0.2, 0.25) is 0 Å². The largest absolute Gasteiger partial charge is 0.487 e. The van der Waals surface area contributed by atoms with Gasteiger partial charge in [0.25, 0.3) is 0 Å². The summed E-state index contributed by atoms with van der Waals surface area (Å²) in [5.41, 5.74) is 2.25. The highest BCUT2D eigenvalue weighted by molar-refractivity contribution is 7.09. The van der Waals surface area contributed by atoms with Crippen molar-refractivity contribution in [3.8, 4) is 5.75 Å². The van der Waals surface area contributed by atoms with E-state index < -0.39 is 0 Å². The van der Waals surface area contributed by atoms with Gasteiger partial charge in [0.2, 0.25) is 0 Å². The van der Waals surface area contributed by atoms with E-state index in [1.165, 1.54) is 5.56 Å². The van der Waals surface area contributed by atoms with E-state index in [1.807, 2.05) is 30.5 Å². The molecule has 1 aromatic heterocycles. The van der Waals surface area contributed by atoms with Gasteiger partial charge in [-0.05, 0) is 25.0 Å². The van der Waals surface area contributed by atoms with Crippen molar-refractivity contribution < 1.29 is 4.74 Å². The monoisotopic (exact) mass is 233 g/mol. The van der Waals surface area contributed by atoms with E-state index in [9.17, 15) is 0 Å². The van der Waals surface area contributed by atoms with Crippen molar-refractivity contribution in [2.45, 2.75) is 26.9 Å². The van der Waals surface area contributed by atoms with Crippen LogP contribution in [0.5, 0.6) is 5.75 Å². The van der Waals surface area contributed by atoms with Crippen molar-refractivity contribution >= 4 is 11.3 Å². The summed E-state index contributed by atoms with van der Waals surface area (Å²) in [6.45, 7) is 4.70. The van der Waals surface area contributed by atoms with Crippen LogP contribution in [0.1, 0.15) is 23.2 Å². The first-order valence-corrected chi connectivity index (χ1v) is 6.29. The molecule has 0 fully saturated rings. The quantitative estimate of drug-likeness (QED) is 0.805. The van der Waals surface area contributed by atoms with E-state index in [-0.39, 0.29) is 0 Å². The van der Waals surface area contributed by atoms with Crippen LogP contribution in [-0.4, -0.2) is 4.98 Å². The molecule has 0 bridgehead atoms. The van der Waals surface area contributed by atoms with E-state index in [1.54, 1.807) is 11.3 Å². The standard InChI is InChI=1S/C13H15NOS/c1-3-11-6-4-5-7-13(11)15-8-12-9-16-10(2)14-12/h4-7,9H,3,8H2,1-2H3. The zero-order valence-electron chi connectivity index (χ0n) is 9.56. The highest BCUT2D eigenvalue weighted by Gasteiger charge is 2.03. The van der Waals surface area contributed by atoms with E-state index in [0.717, 1.165) is 22.9 Å². The maximum atomic E-state index is 5.77. The maximum Gasteiger partial charge on any atom is 0.131 e. The van der Waals surface area contributed by atoms with Gasteiger partial charge in [-0.1, -0.05) is 25.1 Å². The lowest BCUT2D eigenvalue weighted by molar-refractivity contribution is 0.299. The lowest BCUT2D eigenvalue weighted by atomic mass is 10.1. The van der Waals surface area contributed by atoms with Gasteiger partial charge < -0.3 is 4.74 Å². The van der Waals surface area contributed by atoms with E-state index >= 15 is 0 Å². The molecule has 0 saturated heterocycles. The van der Waals surface area contributed by atoms with Crippen LogP contribution in [0, 0.1) is 6.92 Å². The molecule has 16 heavy (non-hydrogen) atoms. The number of thiazole rings is 1. The number of hydrogen-bond donors (Lipinski definition) is 0. The molecule has 84 valence electrons. The number of hydrogen-bond acceptors (Lipinski definition) is 3. The van der Waals surface area contributed by atoms with Crippen LogP contribution in [0.25, 0.3) is 0 Å². The Balaban J connectivity index is 2.04. The van der Waals surface area contributed by atoms with Gasteiger partial charge in [0.1, 0.15) is 12.4 Å². The van der Waals surface area contributed by atoms with Gasteiger partial charge in [0.15, 0.2) is 0 Å². The van der Waals surface area contributed by atoms with Gasteiger partial charge in [0.05, 0.1) is 10.7 Å². The lowest BCUT2D eigenvalue weighted by Gasteiger charge is -2.08. The summed E-state index contributed by atoms with van der Waals surface area (Å²) in [5.74, 6) is 0.968. The fraction of sp³-hybridized carbons (Fsp3) is 0.308. The van der Waals surface area contributed by atoms with Crippen molar-refractivity contribution in [2.75, 3.05) is 0 Å². The first-order chi connectivity index (χ1) is 7.79. The van der Waals surface area contributed by atoms with Crippen LogP contribution >= 0.6 is 11.3 Å². The highest BCUT2D eigenvalue weighted by atomic mass is 32.1. The summed E-state index contributed by atoms with van der Waals surface area (Å²) in [5, 5.41) is 3.13. The Kier molecular flexibility index (Phi) is 3.57. The Morgan fingerprint density at radius 3 is 2.81 bits per heavy atom. The van der Waals surface area contributed by atoms with Crippen molar-refractivity contribution in [1.82, 2.24) is 4.98 Å². The van der Waals surface area contributed by atoms with E-state index in [0.29, 0.717) is 6.61 Å². The minimum atomic E-state index is 0.557. The van der Waals surface area contributed by atoms with Gasteiger partial charge in [-0.2, -0.15) is 0 Å².